The Morgan fingerprint density at radius 2 is 1.66 bits per heavy atom. The molecule has 0 spiro atoms. The van der Waals surface area contributed by atoms with Crippen LogP contribution in [-0.2, 0) is 32.3 Å². The van der Waals surface area contributed by atoms with Crippen LogP contribution in [0.25, 0.3) is 0 Å². The smallest absolute Gasteiger partial charge is 0.352 e. The first kappa shape index (κ1) is 32.0. The minimum atomic E-state index is -4.79. The molecular formula is C24H27Cl3F3N3O4S. The van der Waals surface area contributed by atoms with Gasteiger partial charge in [0.25, 0.3) is 0 Å². The van der Waals surface area contributed by atoms with E-state index in [1.54, 1.807) is 13.0 Å². The highest BCUT2D eigenvalue weighted by Gasteiger charge is 2.35. The zero-order valence-electron chi connectivity index (χ0n) is 20.9. The highest BCUT2D eigenvalue weighted by atomic mass is 35.5. The third kappa shape index (κ3) is 8.39. The highest BCUT2D eigenvalue weighted by Crippen LogP contribution is 2.36. The van der Waals surface area contributed by atoms with Crippen molar-refractivity contribution in [3.63, 3.8) is 0 Å². The first-order chi connectivity index (χ1) is 17.4. The molecule has 0 aliphatic heterocycles. The van der Waals surface area contributed by atoms with E-state index in [2.05, 4.69) is 5.32 Å². The van der Waals surface area contributed by atoms with Gasteiger partial charge in [-0.25, -0.2) is 8.42 Å². The number of carbonyl (C=O) groups is 2. The molecule has 0 aliphatic rings. The summed E-state index contributed by atoms with van der Waals surface area (Å²) in [6, 6.07) is 5.36. The molecule has 0 aliphatic carbocycles. The van der Waals surface area contributed by atoms with Crippen LogP contribution in [0.4, 0.5) is 18.9 Å². The van der Waals surface area contributed by atoms with E-state index in [4.69, 9.17) is 34.8 Å². The Morgan fingerprint density at radius 1 is 1.03 bits per heavy atom. The average Bonchev–Trinajstić information content (AvgIpc) is 2.80. The van der Waals surface area contributed by atoms with Crippen LogP contribution in [0, 0.1) is 0 Å². The number of halogens is 6. The van der Waals surface area contributed by atoms with Crippen LogP contribution >= 0.6 is 34.8 Å². The summed E-state index contributed by atoms with van der Waals surface area (Å²) in [5, 5.41) is 2.98. The molecule has 0 unspecified atom stereocenters. The van der Waals surface area contributed by atoms with Gasteiger partial charge in [0.2, 0.25) is 21.8 Å². The Kier molecular flexibility index (Phi) is 10.7. The van der Waals surface area contributed by atoms with Crippen molar-refractivity contribution in [2.75, 3.05) is 17.1 Å². The van der Waals surface area contributed by atoms with Gasteiger partial charge in [0, 0.05) is 22.6 Å². The molecule has 2 atom stereocenters. The lowest BCUT2D eigenvalue weighted by molar-refractivity contribution is -0.139. The predicted octanol–water partition coefficient (Wildman–Crippen LogP) is 5.76. The third-order valence-corrected chi connectivity index (χ3v) is 7.78. The molecule has 1 N–H and O–H groups in total. The summed E-state index contributed by atoms with van der Waals surface area (Å²) in [5.41, 5.74) is -1.27. The van der Waals surface area contributed by atoms with Gasteiger partial charge >= 0.3 is 6.18 Å². The van der Waals surface area contributed by atoms with Gasteiger partial charge in [0.05, 0.1) is 22.5 Å². The fourth-order valence-corrected chi connectivity index (χ4v) is 4.95. The number of alkyl halides is 3. The highest BCUT2D eigenvalue weighted by molar-refractivity contribution is 7.92. The maximum Gasteiger partial charge on any atom is 0.416 e. The summed E-state index contributed by atoms with van der Waals surface area (Å²) in [6.07, 6.45) is -3.44. The Morgan fingerprint density at radius 3 is 2.18 bits per heavy atom. The van der Waals surface area contributed by atoms with E-state index >= 15 is 0 Å². The van der Waals surface area contributed by atoms with Gasteiger partial charge in [0.15, 0.2) is 0 Å². The quantitative estimate of drug-likeness (QED) is 0.368. The third-order valence-electron chi connectivity index (χ3n) is 5.75. The molecule has 0 heterocycles. The lowest BCUT2D eigenvalue weighted by Crippen LogP contribution is -2.52. The molecule has 2 rings (SSSR count). The molecule has 210 valence electrons. The SMILES string of the molecule is CC[C@H](C)NC(=O)[C@H](C)N(Cc1ccc(Cl)cc1Cl)C(=O)CN(c1cc(C(F)(F)F)ccc1Cl)S(C)(=O)=O. The Balaban J connectivity index is 2.53. The van der Waals surface area contributed by atoms with Crippen LogP contribution < -0.4 is 9.62 Å². The fraction of sp³-hybridized carbons (Fsp3) is 0.417. The lowest BCUT2D eigenvalue weighted by atomic mass is 10.1. The molecular weight excluding hydrogens is 590 g/mol. The van der Waals surface area contributed by atoms with Gasteiger partial charge < -0.3 is 10.2 Å². The van der Waals surface area contributed by atoms with E-state index in [1.165, 1.54) is 19.1 Å². The number of amides is 2. The first-order valence-electron chi connectivity index (χ1n) is 11.3. The maximum absolute atomic E-state index is 13.6. The zero-order chi connectivity index (χ0) is 29.0. The van der Waals surface area contributed by atoms with Gasteiger partial charge in [0.1, 0.15) is 12.6 Å². The molecule has 2 aromatic rings. The normalized spacial score (nSPS) is 13.5. The largest absolute Gasteiger partial charge is 0.416 e. The molecule has 0 aromatic heterocycles. The van der Waals surface area contributed by atoms with Gasteiger partial charge in [-0.2, -0.15) is 13.2 Å². The standard InChI is InChI=1S/C24H27Cl3F3N3O4S/c1-5-14(2)31-23(35)15(3)32(12-16-6-8-18(25)11-20(16)27)22(34)13-33(38(4,36)37)21-10-17(24(28,29)30)7-9-19(21)26/h6-11,14-15H,5,12-13H2,1-4H3,(H,31,35)/t14-,15-/m0/s1. The Labute approximate surface area is 234 Å². The molecule has 0 saturated heterocycles. The summed E-state index contributed by atoms with van der Waals surface area (Å²) in [6.45, 7) is 3.94. The van der Waals surface area contributed by atoms with Crippen molar-refractivity contribution in [3.8, 4) is 0 Å². The number of rotatable bonds is 10. The van der Waals surface area contributed by atoms with Crippen molar-refractivity contribution in [1.29, 1.82) is 0 Å². The molecule has 2 aromatic carbocycles. The molecule has 7 nitrogen and oxygen atoms in total. The molecule has 14 heteroatoms. The summed E-state index contributed by atoms with van der Waals surface area (Å²) in [5.74, 6) is -1.39. The van der Waals surface area contributed by atoms with Gasteiger partial charge in [-0.15, -0.1) is 0 Å². The topological polar surface area (TPSA) is 86.8 Å². The summed E-state index contributed by atoms with van der Waals surface area (Å²) in [7, 11) is -4.30. The maximum atomic E-state index is 13.6. The van der Waals surface area contributed by atoms with Crippen LogP contribution in [0.2, 0.25) is 15.1 Å². The minimum absolute atomic E-state index is 0.200. The van der Waals surface area contributed by atoms with E-state index in [0.29, 0.717) is 33.4 Å². The summed E-state index contributed by atoms with van der Waals surface area (Å²) in [4.78, 5) is 27.6. The van der Waals surface area contributed by atoms with Crippen LogP contribution in [0.15, 0.2) is 36.4 Å². The second-order valence-corrected chi connectivity index (χ2v) is 11.8. The van der Waals surface area contributed by atoms with E-state index in [9.17, 15) is 31.2 Å². The predicted molar refractivity (Wildman–Crippen MR) is 143 cm³/mol. The van der Waals surface area contributed by atoms with Crippen LogP contribution in [0.5, 0.6) is 0 Å². The van der Waals surface area contributed by atoms with E-state index in [0.717, 1.165) is 17.2 Å². The first-order valence-corrected chi connectivity index (χ1v) is 14.3. The Hall–Kier alpha value is -2.21. The number of anilines is 1. The van der Waals surface area contributed by atoms with E-state index in [-0.39, 0.29) is 22.6 Å². The number of nitrogens with zero attached hydrogens (tertiary/aromatic N) is 2. The van der Waals surface area contributed by atoms with Crippen molar-refractivity contribution in [3.05, 3.63) is 62.6 Å². The number of sulfonamides is 1. The second kappa shape index (κ2) is 12.8. The van der Waals surface area contributed by atoms with Gasteiger partial charge in [-0.3, -0.25) is 13.9 Å². The van der Waals surface area contributed by atoms with Gasteiger partial charge in [-0.1, -0.05) is 47.8 Å². The van der Waals surface area contributed by atoms with Crippen molar-refractivity contribution in [1.82, 2.24) is 10.2 Å². The van der Waals surface area contributed by atoms with Crippen molar-refractivity contribution < 1.29 is 31.2 Å². The van der Waals surface area contributed by atoms with Crippen LogP contribution in [0.3, 0.4) is 0 Å². The molecule has 0 bridgehead atoms. The molecule has 2 amide bonds. The summed E-state index contributed by atoms with van der Waals surface area (Å²) >= 11 is 18.3. The summed E-state index contributed by atoms with van der Waals surface area (Å²) < 4.78 is 65.8. The second-order valence-electron chi connectivity index (χ2n) is 8.68. The van der Waals surface area contributed by atoms with Crippen molar-refractivity contribution in [2.24, 2.45) is 0 Å². The molecule has 0 fully saturated rings. The number of benzene rings is 2. The van der Waals surface area contributed by atoms with Crippen LogP contribution in [0.1, 0.15) is 38.3 Å². The fourth-order valence-electron chi connectivity index (χ4n) is 3.36. The lowest BCUT2D eigenvalue weighted by Gasteiger charge is -2.32. The number of hydrogen-bond acceptors (Lipinski definition) is 4. The van der Waals surface area contributed by atoms with Crippen molar-refractivity contribution >= 4 is 62.3 Å². The number of carbonyl (C=O) groups excluding carboxylic acids is 2. The number of hydrogen-bond donors (Lipinski definition) is 1. The van der Waals surface area contributed by atoms with E-state index in [1.807, 2.05) is 6.92 Å². The zero-order valence-corrected chi connectivity index (χ0v) is 24.0. The monoisotopic (exact) mass is 615 g/mol. The van der Waals surface area contributed by atoms with E-state index < -0.39 is 51.9 Å². The molecule has 38 heavy (non-hydrogen) atoms. The molecule has 0 radical (unpaired) electrons. The van der Waals surface area contributed by atoms with Gasteiger partial charge in [-0.05, 0) is 56.2 Å². The average molecular weight is 617 g/mol. The minimum Gasteiger partial charge on any atom is -0.352 e. The van der Waals surface area contributed by atoms with Crippen molar-refractivity contribution in [2.45, 2.75) is 52.0 Å². The Bertz CT molecular complexity index is 1290. The number of nitrogens with one attached hydrogen (secondary N) is 1. The molecule has 0 saturated carbocycles. The van der Waals surface area contributed by atoms with Crippen LogP contribution in [-0.4, -0.2) is 50.0 Å².